The van der Waals surface area contributed by atoms with Gasteiger partial charge in [0.15, 0.2) is 6.10 Å². The van der Waals surface area contributed by atoms with Crippen molar-refractivity contribution >= 4 is 30.8 Å². The highest BCUT2D eigenvalue weighted by atomic mass is 35.5. The Kier molecular flexibility index (Phi) is 12.3. The molecule has 164 valence electrons. The number of aryl methyl sites for hydroxylation is 1. The molecule has 1 aromatic heterocycles. The van der Waals surface area contributed by atoms with Crippen LogP contribution in [0.25, 0.3) is 0 Å². The van der Waals surface area contributed by atoms with Crippen molar-refractivity contribution in [2.75, 3.05) is 6.54 Å². The molecule has 1 fully saturated rings. The van der Waals surface area contributed by atoms with Crippen LogP contribution in [-0.4, -0.2) is 39.4 Å². The molecule has 0 aromatic carbocycles. The first-order valence-electron chi connectivity index (χ1n) is 9.91. The number of carboxylic acids is 1. The molecule has 6 nitrogen and oxygen atoms in total. The Labute approximate surface area is 181 Å². The second-order valence-corrected chi connectivity index (χ2v) is 8.39. The number of hydrogen-bond acceptors (Lipinski definition) is 4. The van der Waals surface area contributed by atoms with Crippen LogP contribution in [-0.2, 0) is 22.5 Å². The Morgan fingerprint density at radius 2 is 2.00 bits per heavy atom. The van der Waals surface area contributed by atoms with Gasteiger partial charge in [0.05, 0.1) is 18.1 Å². The molecule has 2 rings (SSSR count). The van der Waals surface area contributed by atoms with Crippen LogP contribution in [0.1, 0.15) is 65.0 Å². The fourth-order valence-electron chi connectivity index (χ4n) is 3.86. The monoisotopic (exact) mass is 437 g/mol. The molecule has 1 aliphatic rings. The molecule has 0 unspecified atom stereocenters. The summed E-state index contributed by atoms with van der Waals surface area (Å²) in [6.45, 7) is 7.75. The van der Waals surface area contributed by atoms with Crippen LogP contribution in [0.4, 0.5) is 0 Å². The number of halogens is 2. The van der Waals surface area contributed by atoms with Crippen molar-refractivity contribution in [1.29, 1.82) is 0 Å². The number of ether oxygens (including phenoxy) is 1. The predicted octanol–water partition coefficient (Wildman–Crippen LogP) is 4.08. The molecule has 0 aliphatic heterocycles. The molecule has 3 N–H and O–H groups in total. The second kappa shape index (κ2) is 12.7. The third-order valence-electron chi connectivity index (χ3n) is 5.81. The molecular weight excluding hydrogens is 401 g/mol. The van der Waals surface area contributed by atoms with E-state index >= 15 is 0 Å². The molecule has 0 saturated heterocycles. The van der Waals surface area contributed by atoms with Gasteiger partial charge in [-0.05, 0) is 37.5 Å². The normalized spacial score (nSPS) is 17.3. The average molecular weight is 438 g/mol. The highest BCUT2D eigenvalue weighted by molar-refractivity contribution is 5.85. The molecule has 1 saturated carbocycles. The number of aliphatic carboxylic acids is 1. The lowest BCUT2D eigenvalue weighted by Crippen LogP contribution is -2.33. The Morgan fingerprint density at radius 3 is 2.57 bits per heavy atom. The van der Waals surface area contributed by atoms with Gasteiger partial charge in [-0.15, -0.1) is 24.8 Å². The lowest BCUT2D eigenvalue weighted by atomic mass is 9.69. The van der Waals surface area contributed by atoms with Crippen LogP contribution in [0.5, 0.6) is 0 Å². The molecule has 8 heteroatoms. The summed E-state index contributed by atoms with van der Waals surface area (Å²) in [5, 5.41) is 9.34. The van der Waals surface area contributed by atoms with Gasteiger partial charge in [-0.25, -0.2) is 9.78 Å². The van der Waals surface area contributed by atoms with Gasteiger partial charge >= 0.3 is 5.97 Å². The minimum Gasteiger partial charge on any atom is -0.479 e. The van der Waals surface area contributed by atoms with Gasteiger partial charge in [0.2, 0.25) is 0 Å². The van der Waals surface area contributed by atoms with E-state index in [-0.39, 0.29) is 37.3 Å². The topological polar surface area (TPSA) is 90.4 Å². The van der Waals surface area contributed by atoms with Crippen molar-refractivity contribution in [3.8, 4) is 0 Å². The number of aromatic nitrogens is 2. The van der Waals surface area contributed by atoms with E-state index in [4.69, 9.17) is 10.5 Å². The summed E-state index contributed by atoms with van der Waals surface area (Å²) < 4.78 is 7.57. The number of carboxylic acid groups (broad SMARTS) is 1. The Bertz CT molecular complexity index is 575. The van der Waals surface area contributed by atoms with Crippen molar-refractivity contribution in [1.82, 2.24) is 9.55 Å². The van der Waals surface area contributed by atoms with E-state index in [2.05, 4.69) is 23.4 Å². The van der Waals surface area contributed by atoms with Gasteiger partial charge in [0.1, 0.15) is 0 Å². The molecule has 28 heavy (non-hydrogen) atoms. The fraction of sp³-hybridized carbons (Fsp3) is 0.800. The minimum atomic E-state index is -0.974. The van der Waals surface area contributed by atoms with Crippen molar-refractivity contribution in [3.63, 3.8) is 0 Å². The predicted molar refractivity (Wildman–Crippen MR) is 116 cm³/mol. The molecule has 1 aromatic rings. The first-order valence-corrected chi connectivity index (χ1v) is 9.91. The molecule has 1 aliphatic carbocycles. The van der Waals surface area contributed by atoms with Crippen molar-refractivity contribution in [2.24, 2.45) is 17.1 Å². The summed E-state index contributed by atoms with van der Waals surface area (Å²) in [5.74, 6) is -0.167. The van der Waals surface area contributed by atoms with E-state index in [1.54, 1.807) is 13.3 Å². The Hall–Kier alpha value is -0.820. The van der Waals surface area contributed by atoms with Crippen molar-refractivity contribution in [2.45, 2.75) is 84.5 Å². The van der Waals surface area contributed by atoms with E-state index in [0.29, 0.717) is 12.0 Å². The van der Waals surface area contributed by atoms with Crippen molar-refractivity contribution in [3.05, 3.63) is 18.2 Å². The van der Waals surface area contributed by atoms with Gasteiger partial charge < -0.3 is 20.1 Å². The van der Waals surface area contributed by atoms with Gasteiger partial charge in [0.25, 0.3) is 0 Å². The highest BCUT2D eigenvalue weighted by Crippen LogP contribution is 2.40. The van der Waals surface area contributed by atoms with E-state index in [1.165, 1.54) is 32.1 Å². The van der Waals surface area contributed by atoms with Gasteiger partial charge in [0, 0.05) is 25.7 Å². The summed E-state index contributed by atoms with van der Waals surface area (Å²) in [6.07, 6.45) is 10.7. The largest absolute Gasteiger partial charge is 0.479 e. The van der Waals surface area contributed by atoms with Gasteiger partial charge in [-0.1, -0.05) is 33.1 Å². The summed E-state index contributed by atoms with van der Waals surface area (Å²) >= 11 is 0. The smallest absolute Gasteiger partial charge is 0.333 e. The van der Waals surface area contributed by atoms with E-state index in [9.17, 15) is 9.90 Å². The van der Waals surface area contributed by atoms with Crippen LogP contribution < -0.4 is 5.73 Å². The molecular formula is C20H37Cl2N3O3. The van der Waals surface area contributed by atoms with Crippen LogP contribution >= 0.6 is 24.8 Å². The second-order valence-electron chi connectivity index (χ2n) is 8.39. The number of rotatable bonds is 10. The summed E-state index contributed by atoms with van der Waals surface area (Å²) in [5.41, 5.74) is 6.60. The molecule has 0 spiro atoms. The number of nitrogens with zero attached hydrogens (tertiary/aromatic N) is 2. The van der Waals surface area contributed by atoms with Gasteiger partial charge in [-0.2, -0.15) is 0 Å². The maximum Gasteiger partial charge on any atom is 0.333 e. The number of hydrogen-bond donors (Lipinski definition) is 2. The third-order valence-corrected chi connectivity index (χ3v) is 5.81. The Balaban J connectivity index is 0.00000364. The zero-order valence-corrected chi connectivity index (χ0v) is 18.9. The molecule has 0 bridgehead atoms. The standard InChI is InChI=1S/C20H35N3O3.2ClH/c1-15(12-21)26-18(19(24)25)11-17-13-23(14-22-17)10-9-20(2,3)16-7-5-4-6-8-16;;/h13-16,18H,4-12,21H2,1-3H3,(H,24,25);2*1H/t15-,18+;;/m1../s1. The van der Waals surface area contributed by atoms with Crippen LogP contribution in [0, 0.1) is 11.3 Å². The quantitative estimate of drug-likeness (QED) is 0.575. The van der Waals surface area contributed by atoms with E-state index < -0.39 is 12.1 Å². The van der Waals surface area contributed by atoms with Crippen LogP contribution in [0.3, 0.4) is 0 Å². The summed E-state index contributed by atoms with van der Waals surface area (Å²) in [7, 11) is 0. The van der Waals surface area contributed by atoms with Crippen LogP contribution in [0.15, 0.2) is 12.5 Å². The lowest BCUT2D eigenvalue weighted by Gasteiger charge is -2.37. The third kappa shape index (κ3) is 8.27. The Morgan fingerprint density at radius 1 is 1.36 bits per heavy atom. The number of carbonyl (C=O) groups is 1. The van der Waals surface area contributed by atoms with E-state index in [0.717, 1.165) is 24.6 Å². The van der Waals surface area contributed by atoms with E-state index in [1.807, 2.05) is 6.20 Å². The van der Waals surface area contributed by atoms with Crippen LogP contribution in [0.2, 0.25) is 0 Å². The molecule has 0 radical (unpaired) electrons. The minimum absolute atomic E-state index is 0. The first-order chi connectivity index (χ1) is 12.3. The van der Waals surface area contributed by atoms with Gasteiger partial charge in [-0.3, -0.25) is 0 Å². The fourth-order valence-corrected chi connectivity index (χ4v) is 3.86. The lowest BCUT2D eigenvalue weighted by molar-refractivity contribution is -0.153. The SMILES string of the molecule is C[C@H](CN)O[C@@H](Cc1cn(CCC(C)(C)C2CCCCC2)cn1)C(=O)O.Cl.Cl. The number of imidazole rings is 1. The summed E-state index contributed by atoms with van der Waals surface area (Å²) in [6, 6.07) is 0. The zero-order valence-electron chi connectivity index (χ0n) is 17.3. The number of nitrogens with two attached hydrogens (primary N) is 1. The molecule has 1 heterocycles. The zero-order chi connectivity index (χ0) is 19.2. The first kappa shape index (κ1) is 27.2. The molecule has 0 amide bonds. The molecule has 2 atom stereocenters. The maximum atomic E-state index is 11.4. The average Bonchev–Trinajstić information content (AvgIpc) is 3.07. The summed E-state index contributed by atoms with van der Waals surface area (Å²) in [4.78, 5) is 15.8. The maximum absolute atomic E-state index is 11.4. The van der Waals surface area contributed by atoms with Crippen molar-refractivity contribution < 1.29 is 14.6 Å². The highest BCUT2D eigenvalue weighted by Gasteiger charge is 2.30.